The molecule has 0 aliphatic rings. The third-order valence-electron chi connectivity index (χ3n) is 2.86. The van der Waals surface area contributed by atoms with Crippen molar-refractivity contribution < 1.29 is 4.79 Å². The lowest BCUT2D eigenvalue weighted by molar-refractivity contribution is -0.126. The molecule has 0 heterocycles. The van der Waals surface area contributed by atoms with Crippen molar-refractivity contribution in [1.29, 1.82) is 0 Å². The fraction of sp³-hybridized carbons (Fsp3) is 0.429. The van der Waals surface area contributed by atoms with Gasteiger partial charge in [0.15, 0.2) is 0 Å². The van der Waals surface area contributed by atoms with E-state index in [1.807, 2.05) is 32.0 Å². The van der Waals surface area contributed by atoms with Gasteiger partial charge in [-0.1, -0.05) is 44.2 Å². The van der Waals surface area contributed by atoms with Gasteiger partial charge in [-0.3, -0.25) is 4.79 Å². The summed E-state index contributed by atoms with van der Waals surface area (Å²) in [5.41, 5.74) is 1.06. The summed E-state index contributed by atoms with van der Waals surface area (Å²) < 4.78 is 0. The molecule has 0 aliphatic heterocycles. The number of carbonyl (C=O) groups is 1. The van der Waals surface area contributed by atoms with E-state index in [1.165, 1.54) is 5.56 Å². The molecule has 1 rings (SSSR count). The summed E-state index contributed by atoms with van der Waals surface area (Å²) in [5.74, 6) is 0.249. The topological polar surface area (TPSA) is 17.1 Å². The number of carbonyl (C=O) groups excluding carboxylic acids is 1. The molecular formula is C14H19O. The first-order valence-electron chi connectivity index (χ1n) is 5.43. The maximum absolute atomic E-state index is 11.6. The molecule has 1 nitrogen and oxygen atoms in total. The fourth-order valence-electron chi connectivity index (χ4n) is 1.58. The number of aryl methyl sites for hydroxylation is 1. The molecule has 1 aromatic rings. The number of hydrogen-bond donors (Lipinski definition) is 0. The van der Waals surface area contributed by atoms with E-state index in [0.717, 1.165) is 12.8 Å². The van der Waals surface area contributed by atoms with Gasteiger partial charge in [-0.05, 0) is 25.3 Å². The molecule has 1 radical (unpaired) electrons. The molecule has 1 heteroatoms. The largest absolute Gasteiger partial charge is 0.299 e. The van der Waals surface area contributed by atoms with E-state index in [-0.39, 0.29) is 11.2 Å². The summed E-state index contributed by atoms with van der Waals surface area (Å²) >= 11 is 0. The first-order chi connectivity index (χ1) is 7.06. The summed E-state index contributed by atoms with van der Waals surface area (Å²) in [6.07, 6.45) is 2.24. The molecule has 0 aliphatic carbocycles. The van der Waals surface area contributed by atoms with E-state index in [4.69, 9.17) is 0 Å². The van der Waals surface area contributed by atoms with Crippen molar-refractivity contribution in [1.82, 2.24) is 0 Å². The van der Waals surface area contributed by atoms with E-state index in [1.54, 1.807) is 0 Å². The summed E-state index contributed by atoms with van der Waals surface area (Å²) in [4.78, 5) is 11.6. The van der Waals surface area contributed by atoms with Gasteiger partial charge in [0.25, 0.3) is 0 Å². The highest BCUT2D eigenvalue weighted by Crippen LogP contribution is 2.25. The zero-order valence-electron chi connectivity index (χ0n) is 9.62. The van der Waals surface area contributed by atoms with Gasteiger partial charge in [0, 0.05) is 11.8 Å². The van der Waals surface area contributed by atoms with Gasteiger partial charge in [0.05, 0.1) is 0 Å². The Bertz CT molecular complexity index is 311. The Morgan fingerprint density at radius 1 is 1.27 bits per heavy atom. The zero-order chi connectivity index (χ0) is 11.3. The van der Waals surface area contributed by atoms with E-state index >= 15 is 0 Å². The summed E-state index contributed by atoms with van der Waals surface area (Å²) in [5, 5.41) is 0. The van der Waals surface area contributed by atoms with Crippen LogP contribution in [0.25, 0.3) is 0 Å². The predicted molar refractivity (Wildman–Crippen MR) is 63.5 cm³/mol. The average molecular weight is 203 g/mol. The molecule has 0 unspecified atom stereocenters. The minimum Gasteiger partial charge on any atom is -0.299 e. The molecule has 0 aromatic heterocycles. The van der Waals surface area contributed by atoms with Gasteiger partial charge in [-0.25, -0.2) is 0 Å². The van der Waals surface area contributed by atoms with Crippen molar-refractivity contribution in [3.05, 3.63) is 42.8 Å². The van der Waals surface area contributed by atoms with Crippen LogP contribution >= 0.6 is 0 Å². The van der Waals surface area contributed by atoms with Crippen LogP contribution in [-0.2, 0) is 11.2 Å². The number of rotatable bonds is 5. The lowest BCUT2D eigenvalue weighted by Gasteiger charge is -2.22. The lowest BCUT2D eigenvalue weighted by Crippen LogP contribution is -2.24. The minimum absolute atomic E-state index is 0.239. The van der Waals surface area contributed by atoms with Crippen LogP contribution in [0.4, 0.5) is 0 Å². The third-order valence-corrected chi connectivity index (χ3v) is 2.86. The highest BCUT2D eigenvalue weighted by Gasteiger charge is 2.24. The Kier molecular flexibility index (Phi) is 4.07. The highest BCUT2D eigenvalue weighted by atomic mass is 16.1. The number of hydrogen-bond acceptors (Lipinski definition) is 1. The standard InChI is InChI=1S/C14H19O/c1-4-13(15)14(2,3)11-10-12-8-6-5-7-9-12/h5-9H,1,4,10-11H2,2-3H3. The number of Topliss-reactive ketones (excluding diaryl/α,β-unsaturated/α-hetero) is 1. The Hall–Kier alpha value is -1.11. The van der Waals surface area contributed by atoms with Crippen molar-refractivity contribution in [2.45, 2.75) is 33.1 Å². The smallest absolute Gasteiger partial charge is 0.138 e. The fourth-order valence-corrected chi connectivity index (χ4v) is 1.58. The molecule has 0 spiro atoms. The molecule has 0 fully saturated rings. The lowest BCUT2D eigenvalue weighted by atomic mass is 9.81. The molecule has 15 heavy (non-hydrogen) atoms. The molecular weight excluding hydrogens is 184 g/mol. The molecule has 0 saturated carbocycles. The molecule has 0 saturated heterocycles. The van der Waals surface area contributed by atoms with Crippen molar-refractivity contribution in [3.63, 3.8) is 0 Å². The van der Waals surface area contributed by atoms with Crippen molar-refractivity contribution >= 4 is 5.78 Å². The first kappa shape index (κ1) is 12.0. The molecule has 0 atom stereocenters. The van der Waals surface area contributed by atoms with Crippen LogP contribution in [0.5, 0.6) is 0 Å². The van der Waals surface area contributed by atoms with Crippen LogP contribution in [0.15, 0.2) is 30.3 Å². The van der Waals surface area contributed by atoms with Crippen LogP contribution in [0.3, 0.4) is 0 Å². The summed E-state index contributed by atoms with van der Waals surface area (Å²) in [7, 11) is 0. The maximum atomic E-state index is 11.6. The zero-order valence-corrected chi connectivity index (χ0v) is 9.62. The van der Waals surface area contributed by atoms with Gasteiger partial charge in [0.2, 0.25) is 0 Å². The van der Waals surface area contributed by atoms with Crippen molar-refractivity contribution in [3.8, 4) is 0 Å². The van der Waals surface area contributed by atoms with E-state index in [2.05, 4.69) is 19.1 Å². The normalized spacial score (nSPS) is 11.4. The van der Waals surface area contributed by atoms with Crippen molar-refractivity contribution in [2.24, 2.45) is 5.41 Å². The summed E-state index contributed by atoms with van der Waals surface area (Å²) in [6.45, 7) is 7.66. The number of ketones is 1. The second kappa shape index (κ2) is 5.11. The van der Waals surface area contributed by atoms with Gasteiger partial charge >= 0.3 is 0 Å². The van der Waals surface area contributed by atoms with Crippen LogP contribution < -0.4 is 0 Å². The van der Waals surface area contributed by atoms with Gasteiger partial charge < -0.3 is 0 Å². The SMILES string of the molecule is [CH2]CC(=O)C(C)(C)CCc1ccccc1. The van der Waals surface area contributed by atoms with Crippen LogP contribution in [0.1, 0.15) is 32.3 Å². The van der Waals surface area contributed by atoms with Gasteiger partial charge in [0.1, 0.15) is 5.78 Å². The second-order valence-corrected chi connectivity index (χ2v) is 4.54. The van der Waals surface area contributed by atoms with Crippen molar-refractivity contribution in [2.75, 3.05) is 0 Å². The Balaban J connectivity index is 2.53. The van der Waals surface area contributed by atoms with Crippen LogP contribution in [0, 0.1) is 12.3 Å². The monoisotopic (exact) mass is 203 g/mol. The first-order valence-corrected chi connectivity index (χ1v) is 5.43. The molecule has 0 amide bonds. The van der Waals surface area contributed by atoms with E-state index < -0.39 is 0 Å². The quantitative estimate of drug-likeness (QED) is 0.716. The Morgan fingerprint density at radius 3 is 2.40 bits per heavy atom. The van der Waals surface area contributed by atoms with E-state index in [9.17, 15) is 4.79 Å². The molecule has 1 aromatic carbocycles. The minimum atomic E-state index is -0.239. The number of benzene rings is 1. The third kappa shape index (κ3) is 3.50. The van der Waals surface area contributed by atoms with Crippen LogP contribution in [0.2, 0.25) is 0 Å². The Morgan fingerprint density at radius 2 is 1.87 bits per heavy atom. The summed E-state index contributed by atoms with van der Waals surface area (Å²) in [6, 6.07) is 10.3. The van der Waals surface area contributed by atoms with Gasteiger partial charge in [-0.2, -0.15) is 0 Å². The molecule has 81 valence electrons. The van der Waals surface area contributed by atoms with E-state index in [0.29, 0.717) is 6.42 Å². The van der Waals surface area contributed by atoms with Crippen LogP contribution in [-0.4, -0.2) is 5.78 Å². The maximum Gasteiger partial charge on any atom is 0.138 e. The van der Waals surface area contributed by atoms with Gasteiger partial charge in [-0.15, -0.1) is 0 Å². The predicted octanol–water partition coefficient (Wildman–Crippen LogP) is 3.44. The second-order valence-electron chi connectivity index (χ2n) is 4.54. The average Bonchev–Trinajstić information content (AvgIpc) is 2.27. The highest BCUT2D eigenvalue weighted by molar-refractivity contribution is 5.84. The molecule has 0 N–H and O–H groups in total. The molecule has 0 bridgehead atoms. The Labute approximate surface area is 92.5 Å².